The molecule has 0 bridgehead atoms. The van der Waals surface area contributed by atoms with Gasteiger partial charge in [0.25, 0.3) is 0 Å². The number of nitrogens with one attached hydrogen (secondary N) is 2. The van der Waals surface area contributed by atoms with E-state index in [0.29, 0.717) is 6.42 Å². The van der Waals surface area contributed by atoms with E-state index in [9.17, 15) is 4.79 Å². The van der Waals surface area contributed by atoms with Crippen LogP contribution in [0.5, 0.6) is 5.75 Å². The van der Waals surface area contributed by atoms with Crippen LogP contribution < -0.4 is 15.4 Å². The molecule has 0 amide bonds. The number of carbonyl (C=O) groups excluding carboxylic acids is 1. The number of halogens is 1. The average molecular weight is 562 g/mol. The smallest absolute Gasteiger partial charge is 0.305 e. The van der Waals surface area contributed by atoms with Crippen molar-refractivity contribution < 1.29 is 19.0 Å². The Kier molecular flexibility index (Phi) is 15.1. The number of esters is 1. The molecule has 2 N–H and O–H groups in total. The third kappa shape index (κ3) is 10.4. The SMILES string of the molecule is CN=C(NCCCCCCC(=O)OC)NCC(c1ccc(OC)cc1)N1CCOCC1.I. The number of hydrogen-bond donors (Lipinski definition) is 2. The molecule has 1 aliphatic heterocycles. The first-order valence-electron chi connectivity index (χ1n) is 11.1. The molecule has 0 radical (unpaired) electrons. The second-order valence-electron chi connectivity index (χ2n) is 7.56. The molecule has 0 aromatic heterocycles. The van der Waals surface area contributed by atoms with Crippen molar-refractivity contribution in [3.8, 4) is 5.75 Å². The van der Waals surface area contributed by atoms with Gasteiger partial charge in [-0.15, -0.1) is 24.0 Å². The van der Waals surface area contributed by atoms with Gasteiger partial charge in [-0.1, -0.05) is 25.0 Å². The standard InChI is InChI=1S/C23H38N4O4.HI/c1-24-23(25-13-7-5-4-6-8-22(28)30-3)26-18-21(27-14-16-31-17-15-27)19-9-11-20(29-2)12-10-19;/h9-12,21H,4-8,13-18H2,1-3H3,(H2,24,25,26);1H. The molecule has 0 spiro atoms. The number of ether oxygens (including phenoxy) is 3. The van der Waals surface area contributed by atoms with E-state index in [-0.39, 0.29) is 36.0 Å². The summed E-state index contributed by atoms with van der Waals surface area (Å²) in [7, 11) is 4.91. The molecular weight excluding hydrogens is 523 g/mol. The highest BCUT2D eigenvalue weighted by Gasteiger charge is 2.23. The van der Waals surface area contributed by atoms with Gasteiger partial charge >= 0.3 is 5.97 Å². The number of hydrogen-bond acceptors (Lipinski definition) is 6. The minimum atomic E-state index is -0.130. The molecule has 1 aliphatic rings. The van der Waals surface area contributed by atoms with Crippen molar-refractivity contribution in [2.24, 2.45) is 4.99 Å². The van der Waals surface area contributed by atoms with Crippen LogP contribution >= 0.6 is 24.0 Å². The minimum absolute atomic E-state index is 0. The van der Waals surface area contributed by atoms with E-state index in [1.54, 1.807) is 14.2 Å². The molecule has 1 fully saturated rings. The Morgan fingerprint density at radius 1 is 1.09 bits per heavy atom. The van der Waals surface area contributed by atoms with Crippen molar-refractivity contribution in [3.63, 3.8) is 0 Å². The monoisotopic (exact) mass is 562 g/mol. The van der Waals surface area contributed by atoms with E-state index in [1.165, 1.54) is 12.7 Å². The molecule has 32 heavy (non-hydrogen) atoms. The second-order valence-corrected chi connectivity index (χ2v) is 7.56. The van der Waals surface area contributed by atoms with Gasteiger partial charge in [0.1, 0.15) is 5.75 Å². The van der Waals surface area contributed by atoms with Crippen molar-refractivity contribution in [1.29, 1.82) is 0 Å². The van der Waals surface area contributed by atoms with Crippen LogP contribution in [-0.4, -0.2) is 77.5 Å². The molecular formula is C23H39IN4O4. The van der Waals surface area contributed by atoms with Gasteiger partial charge in [0.05, 0.1) is 33.5 Å². The molecule has 1 aromatic rings. The number of rotatable bonds is 12. The van der Waals surface area contributed by atoms with Gasteiger partial charge < -0.3 is 24.8 Å². The molecule has 182 valence electrons. The van der Waals surface area contributed by atoms with Crippen LogP contribution in [0.4, 0.5) is 0 Å². The fraction of sp³-hybridized carbons (Fsp3) is 0.652. The predicted octanol–water partition coefficient (Wildman–Crippen LogP) is 2.98. The molecule has 9 heteroatoms. The van der Waals surface area contributed by atoms with Crippen LogP contribution in [0.3, 0.4) is 0 Å². The number of unbranched alkanes of at least 4 members (excludes halogenated alkanes) is 3. The number of aliphatic imine (C=N–C) groups is 1. The molecule has 2 rings (SSSR count). The lowest BCUT2D eigenvalue weighted by Crippen LogP contribution is -2.46. The van der Waals surface area contributed by atoms with E-state index in [0.717, 1.165) is 76.8 Å². The van der Waals surface area contributed by atoms with Gasteiger partial charge in [-0.25, -0.2) is 0 Å². The Morgan fingerprint density at radius 3 is 2.41 bits per heavy atom. The average Bonchev–Trinajstić information content (AvgIpc) is 2.83. The lowest BCUT2D eigenvalue weighted by atomic mass is 10.0. The van der Waals surface area contributed by atoms with Gasteiger partial charge in [0.2, 0.25) is 0 Å². The minimum Gasteiger partial charge on any atom is -0.497 e. The summed E-state index contributed by atoms with van der Waals surface area (Å²) in [5.74, 6) is 1.54. The van der Waals surface area contributed by atoms with Gasteiger partial charge in [-0.05, 0) is 30.5 Å². The fourth-order valence-electron chi connectivity index (χ4n) is 3.64. The molecule has 8 nitrogen and oxygen atoms in total. The third-order valence-corrected chi connectivity index (χ3v) is 5.50. The number of benzene rings is 1. The van der Waals surface area contributed by atoms with Crippen molar-refractivity contribution in [1.82, 2.24) is 15.5 Å². The highest BCUT2D eigenvalue weighted by atomic mass is 127. The largest absolute Gasteiger partial charge is 0.497 e. The van der Waals surface area contributed by atoms with Crippen LogP contribution in [0.2, 0.25) is 0 Å². The summed E-state index contributed by atoms with van der Waals surface area (Å²) in [5, 5.41) is 6.87. The highest BCUT2D eigenvalue weighted by Crippen LogP contribution is 2.23. The first kappa shape index (κ1) is 28.4. The van der Waals surface area contributed by atoms with Crippen molar-refractivity contribution in [2.45, 2.75) is 38.1 Å². The number of morpholine rings is 1. The topological polar surface area (TPSA) is 84.4 Å². The zero-order valence-corrected chi connectivity index (χ0v) is 21.9. The summed E-state index contributed by atoms with van der Waals surface area (Å²) in [6, 6.07) is 8.51. The Labute approximate surface area is 209 Å². The molecule has 1 unspecified atom stereocenters. The number of carbonyl (C=O) groups is 1. The summed E-state index contributed by atoms with van der Waals surface area (Å²) in [6.45, 7) is 4.95. The zero-order chi connectivity index (χ0) is 22.3. The fourth-order valence-corrected chi connectivity index (χ4v) is 3.64. The molecule has 1 heterocycles. The molecule has 1 saturated heterocycles. The van der Waals surface area contributed by atoms with Gasteiger partial charge in [0, 0.05) is 39.6 Å². The van der Waals surface area contributed by atoms with E-state index in [2.05, 4.69) is 37.4 Å². The first-order chi connectivity index (χ1) is 15.2. The zero-order valence-electron chi connectivity index (χ0n) is 19.6. The van der Waals surface area contributed by atoms with Gasteiger partial charge in [-0.3, -0.25) is 14.7 Å². The maximum atomic E-state index is 11.1. The lowest BCUT2D eigenvalue weighted by molar-refractivity contribution is -0.140. The van der Waals surface area contributed by atoms with E-state index in [4.69, 9.17) is 9.47 Å². The summed E-state index contributed by atoms with van der Waals surface area (Å²) >= 11 is 0. The normalized spacial score (nSPS) is 15.4. The van der Waals surface area contributed by atoms with Crippen molar-refractivity contribution in [2.75, 3.05) is 60.7 Å². The molecule has 0 saturated carbocycles. The Balaban J connectivity index is 0.00000512. The van der Waals surface area contributed by atoms with E-state index in [1.807, 2.05) is 12.1 Å². The van der Waals surface area contributed by atoms with Crippen LogP contribution in [0.15, 0.2) is 29.3 Å². The maximum Gasteiger partial charge on any atom is 0.305 e. The van der Waals surface area contributed by atoms with Crippen LogP contribution in [0.1, 0.15) is 43.7 Å². The van der Waals surface area contributed by atoms with Gasteiger partial charge in [-0.2, -0.15) is 0 Å². The van der Waals surface area contributed by atoms with Crippen LogP contribution in [0.25, 0.3) is 0 Å². The number of nitrogens with zero attached hydrogens (tertiary/aromatic N) is 2. The summed E-state index contributed by atoms with van der Waals surface area (Å²) < 4.78 is 15.5. The molecule has 0 aliphatic carbocycles. The predicted molar refractivity (Wildman–Crippen MR) is 138 cm³/mol. The summed E-state index contributed by atoms with van der Waals surface area (Å²) in [4.78, 5) is 17.9. The highest BCUT2D eigenvalue weighted by molar-refractivity contribution is 14.0. The Hall–Kier alpha value is -1.59. The quantitative estimate of drug-likeness (QED) is 0.133. The lowest BCUT2D eigenvalue weighted by Gasteiger charge is -2.35. The van der Waals surface area contributed by atoms with Crippen LogP contribution in [-0.2, 0) is 14.3 Å². The third-order valence-electron chi connectivity index (χ3n) is 5.50. The van der Waals surface area contributed by atoms with E-state index < -0.39 is 0 Å². The summed E-state index contributed by atoms with van der Waals surface area (Å²) in [5.41, 5.74) is 1.25. The maximum absolute atomic E-state index is 11.1. The van der Waals surface area contributed by atoms with Crippen molar-refractivity contribution in [3.05, 3.63) is 29.8 Å². The Morgan fingerprint density at radius 2 is 1.78 bits per heavy atom. The number of methoxy groups -OCH3 is 2. The summed E-state index contributed by atoms with van der Waals surface area (Å²) in [6.07, 6.45) is 4.51. The van der Waals surface area contributed by atoms with E-state index >= 15 is 0 Å². The van der Waals surface area contributed by atoms with Crippen molar-refractivity contribution >= 4 is 35.9 Å². The van der Waals surface area contributed by atoms with Crippen LogP contribution in [0, 0.1) is 0 Å². The Bertz CT molecular complexity index is 666. The molecule has 1 aromatic carbocycles. The molecule has 1 atom stereocenters. The first-order valence-corrected chi connectivity index (χ1v) is 11.1. The number of guanidine groups is 1. The second kappa shape index (κ2) is 17.0. The van der Waals surface area contributed by atoms with Gasteiger partial charge in [0.15, 0.2) is 5.96 Å².